The van der Waals surface area contributed by atoms with Crippen molar-refractivity contribution in [1.82, 2.24) is 10.2 Å². The number of rotatable bonds is 7. The first-order chi connectivity index (χ1) is 11.8. The molecule has 0 spiro atoms. The lowest BCUT2D eigenvalue weighted by molar-refractivity contribution is 0.0559. The van der Waals surface area contributed by atoms with Gasteiger partial charge in [0.15, 0.2) is 0 Å². The minimum atomic E-state index is -0.498. The second-order valence-corrected chi connectivity index (χ2v) is 6.53. The van der Waals surface area contributed by atoms with Crippen LogP contribution in [0.2, 0.25) is 0 Å². The predicted molar refractivity (Wildman–Crippen MR) is 95.4 cm³/mol. The van der Waals surface area contributed by atoms with Crippen molar-refractivity contribution in [3.8, 4) is 0 Å². The Bertz CT molecular complexity index is 606. The molecule has 2 aromatic carbocycles. The monoisotopic (exact) mass is 326 g/mol. The number of likely N-dealkylation sites (tertiary alicyclic amines) is 1. The lowest BCUT2D eigenvalue weighted by Crippen LogP contribution is -2.39. The third kappa shape index (κ3) is 4.22. The molecule has 0 aromatic heterocycles. The fraction of sp³-hybridized carbons (Fsp3) is 0.400. The SMILES string of the molecule is OC[C@@H]1[C@@H](O)[C@@H](CNCc2ccccc2)CN1Cc1ccccc1. The molecule has 0 bridgehead atoms. The fourth-order valence-corrected chi connectivity index (χ4v) is 3.48. The second kappa shape index (κ2) is 8.40. The van der Waals surface area contributed by atoms with E-state index in [4.69, 9.17) is 0 Å². The Labute approximate surface area is 143 Å². The number of aliphatic hydroxyl groups excluding tert-OH is 2. The maximum absolute atomic E-state index is 10.6. The standard InChI is InChI=1S/C20H26N2O2/c23-15-19-20(24)18(12-21-11-16-7-3-1-4-8-16)14-22(19)13-17-9-5-2-6-10-17/h1-10,18-21,23-24H,11-15H2/t18-,19+,20-/m0/s1. The smallest absolute Gasteiger partial charge is 0.0770 e. The first-order valence-corrected chi connectivity index (χ1v) is 8.59. The van der Waals surface area contributed by atoms with E-state index in [2.05, 4.69) is 34.5 Å². The van der Waals surface area contributed by atoms with Crippen molar-refractivity contribution < 1.29 is 10.2 Å². The quantitative estimate of drug-likeness (QED) is 0.724. The molecule has 4 heteroatoms. The van der Waals surface area contributed by atoms with Crippen LogP contribution in [-0.4, -0.2) is 47.0 Å². The summed E-state index contributed by atoms with van der Waals surface area (Å²) >= 11 is 0. The summed E-state index contributed by atoms with van der Waals surface area (Å²) in [6.45, 7) is 3.09. The molecule has 2 aromatic rings. The summed E-state index contributed by atoms with van der Waals surface area (Å²) in [5.41, 5.74) is 2.45. The van der Waals surface area contributed by atoms with Crippen LogP contribution in [0.4, 0.5) is 0 Å². The summed E-state index contributed by atoms with van der Waals surface area (Å²) in [7, 11) is 0. The van der Waals surface area contributed by atoms with Gasteiger partial charge in [-0.15, -0.1) is 0 Å². The van der Waals surface area contributed by atoms with Crippen molar-refractivity contribution in [2.75, 3.05) is 19.7 Å². The van der Waals surface area contributed by atoms with Crippen LogP contribution in [0.5, 0.6) is 0 Å². The van der Waals surface area contributed by atoms with Gasteiger partial charge in [-0.05, 0) is 11.1 Å². The van der Waals surface area contributed by atoms with Gasteiger partial charge in [0.05, 0.1) is 18.8 Å². The van der Waals surface area contributed by atoms with Crippen molar-refractivity contribution in [2.45, 2.75) is 25.2 Å². The average molecular weight is 326 g/mol. The normalized spacial score (nSPS) is 24.3. The molecule has 4 nitrogen and oxygen atoms in total. The van der Waals surface area contributed by atoms with Gasteiger partial charge in [-0.1, -0.05) is 60.7 Å². The number of hydrogen-bond donors (Lipinski definition) is 3. The van der Waals surface area contributed by atoms with Gasteiger partial charge >= 0.3 is 0 Å². The lowest BCUT2D eigenvalue weighted by Gasteiger charge is -2.24. The molecule has 1 heterocycles. The Morgan fingerprint density at radius 1 is 0.958 bits per heavy atom. The lowest BCUT2D eigenvalue weighted by atomic mass is 10.0. The molecule has 3 atom stereocenters. The highest BCUT2D eigenvalue weighted by molar-refractivity contribution is 5.16. The molecule has 1 fully saturated rings. The molecular weight excluding hydrogens is 300 g/mol. The zero-order chi connectivity index (χ0) is 16.8. The van der Waals surface area contributed by atoms with E-state index in [1.807, 2.05) is 36.4 Å². The molecule has 3 rings (SSSR count). The highest BCUT2D eigenvalue weighted by Gasteiger charge is 2.39. The number of nitrogens with one attached hydrogen (secondary N) is 1. The Morgan fingerprint density at radius 3 is 2.21 bits per heavy atom. The van der Waals surface area contributed by atoms with Gasteiger partial charge < -0.3 is 15.5 Å². The molecule has 0 unspecified atom stereocenters. The maximum Gasteiger partial charge on any atom is 0.0770 e. The summed E-state index contributed by atoms with van der Waals surface area (Å²) < 4.78 is 0. The number of hydrogen-bond acceptors (Lipinski definition) is 4. The highest BCUT2D eigenvalue weighted by atomic mass is 16.3. The fourth-order valence-electron chi connectivity index (χ4n) is 3.48. The third-order valence-electron chi connectivity index (χ3n) is 4.81. The van der Waals surface area contributed by atoms with Crippen LogP contribution >= 0.6 is 0 Å². The Balaban J connectivity index is 1.55. The molecule has 1 saturated heterocycles. The molecule has 0 radical (unpaired) electrons. The van der Waals surface area contributed by atoms with Gasteiger partial charge in [-0.3, -0.25) is 4.90 Å². The second-order valence-electron chi connectivity index (χ2n) is 6.53. The van der Waals surface area contributed by atoms with E-state index in [0.717, 1.165) is 26.2 Å². The van der Waals surface area contributed by atoms with Crippen LogP contribution in [0.25, 0.3) is 0 Å². The van der Waals surface area contributed by atoms with Crippen molar-refractivity contribution >= 4 is 0 Å². The van der Waals surface area contributed by atoms with E-state index in [1.165, 1.54) is 11.1 Å². The van der Waals surface area contributed by atoms with Gasteiger partial charge in [-0.25, -0.2) is 0 Å². The number of aliphatic hydroxyl groups is 2. The Morgan fingerprint density at radius 2 is 1.58 bits per heavy atom. The van der Waals surface area contributed by atoms with Gasteiger partial charge in [0.2, 0.25) is 0 Å². The topological polar surface area (TPSA) is 55.7 Å². The molecule has 1 aliphatic rings. The van der Waals surface area contributed by atoms with Crippen LogP contribution < -0.4 is 5.32 Å². The van der Waals surface area contributed by atoms with Crippen molar-refractivity contribution in [3.63, 3.8) is 0 Å². The molecular formula is C20H26N2O2. The van der Waals surface area contributed by atoms with Crippen LogP contribution in [-0.2, 0) is 13.1 Å². The van der Waals surface area contributed by atoms with Gasteiger partial charge in [0.1, 0.15) is 0 Å². The maximum atomic E-state index is 10.6. The van der Waals surface area contributed by atoms with Crippen molar-refractivity contribution in [3.05, 3.63) is 71.8 Å². The Hall–Kier alpha value is -1.72. The summed E-state index contributed by atoms with van der Waals surface area (Å²) in [5.74, 6) is 0.134. The molecule has 1 aliphatic heterocycles. The van der Waals surface area contributed by atoms with Crippen molar-refractivity contribution in [1.29, 1.82) is 0 Å². The highest BCUT2D eigenvalue weighted by Crippen LogP contribution is 2.25. The number of nitrogens with zero attached hydrogens (tertiary/aromatic N) is 1. The molecule has 24 heavy (non-hydrogen) atoms. The summed E-state index contributed by atoms with van der Waals surface area (Å²) in [6.07, 6.45) is -0.498. The van der Waals surface area contributed by atoms with Crippen LogP contribution in [0.15, 0.2) is 60.7 Å². The third-order valence-corrected chi connectivity index (χ3v) is 4.81. The minimum absolute atomic E-state index is 0.0107. The summed E-state index contributed by atoms with van der Waals surface area (Å²) in [6, 6.07) is 20.3. The average Bonchev–Trinajstić information content (AvgIpc) is 2.91. The zero-order valence-corrected chi connectivity index (χ0v) is 13.9. The van der Waals surface area contributed by atoms with Crippen LogP contribution in [0, 0.1) is 5.92 Å². The number of benzene rings is 2. The zero-order valence-electron chi connectivity index (χ0n) is 13.9. The van der Waals surface area contributed by atoms with Crippen LogP contribution in [0.1, 0.15) is 11.1 Å². The summed E-state index contributed by atoms with van der Waals surface area (Å²) in [5, 5.41) is 23.7. The molecule has 0 aliphatic carbocycles. The minimum Gasteiger partial charge on any atom is -0.395 e. The van der Waals surface area contributed by atoms with E-state index in [-0.39, 0.29) is 18.6 Å². The molecule has 3 N–H and O–H groups in total. The first-order valence-electron chi connectivity index (χ1n) is 8.59. The van der Waals surface area contributed by atoms with Gasteiger partial charge in [-0.2, -0.15) is 0 Å². The van der Waals surface area contributed by atoms with Crippen LogP contribution in [0.3, 0.4) is 0 Å². The van der Waals surface area contributed by atoms with E-state index < -0.39 is 6.10 Å². The van der Waals surface area contributed by atoms with Gasteiger partial charge in [0, 0.05) is 32.1 Å². The molecule has 0 saturated carbocycles. The van der Waals surface area contributed by atoms with Crippen molar-refractivity contribution in [2.24, 2.45) is 5.92 Å². The van der Waals surface area contributed by atoms with Gasteiger partial charge in [0.25, 0.3) is 0 Å². The van der Waals surface area contributed by atoms with E-state index >= 15 is 0 Å². The Kier molecular flexibility index (Phi) is 5.99. The molecule has 128 valence electrons. The van der Waals surface area contributed by atoms with E-state index in [1.54, 1.807) is 0 Å². The summed E-state index contributed by atoms with van der Waals surface area (Å²) in [4.78, 5) is 2.19. The van der Waals surface area contributed by atoms with E-state index in [9.17, 15) is 10.2 Å². The molecule has 0 amide bonds. The first kappa shape index (κ1) is 17.1. The van der Waals surface area contributed by atoms with E-state index in [0.29, 0.717) is 0 Å². The predicted octanol–water partition coefficient (Wildman–Crippen LogP) is 1.63. The largest absolute Gasteiger partial charge is 0.395 e.